The largest absolute Gasteiger partial charge is 0.462 e. The number of anilines is 1. The van der Waals surface area contributed by atoms with Gasteiger partial charge in [-0.1, -0.05) is 24.3 Å². The van der Waals surface area contributed by atoms with Crippen molar-refractivity contribution in [2.75, 3.05) is 17.4 Å². The van der Waals surface area contributed by atoms with Gasteiger partial charge in [0.2, 0.25) is 0 Å². The summed E-state index contributed by atoms with van der Waals surface area (Å²) in [5.74, 6) is -0.546. The molecule has 0 spiro atoms. The van der Waals surface area contributed by atoms with Crippen molar-refractivity contribution in [3.05, 3.63) is 76.2 Å². The van der Waals surface area contributed by atoms with Gasteiger partial charge in [-0.3, -0.25) is 9.59 Å². The zero-order valence-corrected chi connectivity index (χ0v) is 15.9. The second-order valence-electron chi connectivity index (χ2n) is 6.13. The number of carbonyl (C=O) groups excluding carboxylic acids is 3. The Morgan fingerprint density at radius 3 is 2.54 bits per heavy atom. The first-order chi connectivity index (χ1) is 13.6. The lowest BCUT2D eigenvalue weighted by molar-refractivity contribution is -0.116. The van der Waals surface area contributed by atoms with Crippen molar-refractivity contribution in [2.45, 2.75) is 6.92 Å². The Morgan fingerprint density at radius 2 is 1.82 bits per heavy atom. The summed E-state index contributed by atoms with van der Waals surface area (Å²) in [4.78, 5) is 37.5. The van der Waals surface area contributed by atoms with Gasteiger partial charge in [-0.25, -0.2) is 4.79 Å². The minimum atomic E-state index is -0.414. The van der Waals surface area contributed by atoms with E-state index in [9.17, 15) is 14.4 Å². The van der Waals surface area contributed by atoms with Gasteiger partial charge in [0, 0.05) is 22.1 Å². The van der Waals surface area contributed by atoms with Gasteiger partial charge < -0.3 is 4.74 Å². The second-order valence-corrected chi connectivity index (χ2v) is 7.15. The van der Waals surface area contributed by atoms with Gasteiger partial charge in [0.15, 0.2) is 5.78 Å². The van der Waals surface area contributed by atoms with Crippen LogP contribution in [0, 0.1) is 0 Å². The molecule has 0 aromatic heterocycles. The molecule has 1 heterocycles. The number of hydrogen-bond donors (Lipinski definition) is 0. The topological polar surface area (TPSA) is 76.0 Å². The molecule has 6 nitrogen and oxygen atoms in total. The normalized spacial score (nSPS) is 15.8. The van der Waals surface area contributed by atoms with Crippen LogP contribution in [0.1, 0.15) is 33.2 Å². The minimum absolute atomic E-state index is 0.0864. The van der Waals surface area contributed by atoms with Crippen LogP contribution in [0.5, 0.6) is 0 Å². The van der Waals surface area contributed by atoms with Crippen molar-refractivity contribution in [3.63, 3.8) is 0 Å². The molecule has 0 radical (unpaired) electrons. The van der Waals surface area contributed by atoms with E-state index in [1.807, 2.05) is 12.1 Å². The van der Waals surface area contributed by atoms with E-state index in [0.29, 0.717) is 39.6 Å². The third kappa shape index (κ3) is 3.25. The fraction of sp³-hybridized carbons (Fsp3) is 0.143. The van der Waals surface area contributed by atoms with Crippen LogP contribution in [-0.4, -0.2) is 35.7 Å². The number of hydrazone groups is 1. The van der Waals surface area contributed by atoms with E-state index in [1.165, 1.54) is 22.8 Å². The first-order valence-electron chi connectivity index (χ1n) is 8.76. The van der Waals surface area contributed by atoms with Crippen LogP contribution in [0.25, 0.3) is 0 Å². The molecule has 2 aromatic rings. The van der Waals surface area contributed by atoms with Crippen LogP contribution >= 0.6 is 11.8 Å². The first kappa shape index (κ1) is 18.2. The van der Waals surface area contributed by atoms with Crippen molar-refractivity contribution in [1.82, 2.24) is 0 Å². The Hall–Kier alpha value is -3.19. The molecule has 4 rings (SSSR count). The van der Waals surface area contributed by atoms with E-state index < -0.39 is 5.97 Å². The molecule has 0 fully saturated rings. The highest BCUT2D eigenvalue weighted by Gasteiger charge is 2.30. The Balaban J connectivity index is 1.75. The molecule has 7 heteroatoms. The molecule has 1 aliphatic carbocycles. The summed E-state index contributed by atoms with van der Waals surface area (Å²) in [6.07, 6.45) is 1.53. The molecule has 1 amide bonds. The van der Waals surface area contributed by atoms with Crippen LogP contribution < -0.4 is 5.01 Å². The molecule has 1 aliphatic heterocycles. The van der Waals surface area contributed by atoms with E-state index in [4.69, 9.17) is 4.74 Å². The summed E-state index contributed by atoms with van der Waals surface area (Å²) in [6, 6.07) is 13.8. The minimum Gasteiger partial charge on any atom is -0.462 e. The van der Waals surface area contributed by atoms with Crippen molar-refractivity contribution in [2.24, 2.45) is 5.10 Å². The monoisotopic (exact) mass is 392 g/mol. The van der Waals surface area contributed by atoms with Gasteiger partial charge in [-0.05, 0) is 31.2 Å². The standard InChI is InChI=1S/C21H16N2O4S/c1-2-27-21(26)13-7-9-14(10-8-13)23-19(25)12-28-18-11-17(24)15-5-3-4-6-16(15)20(18)22-23/h3-11H,2,12H2,1H3. The zero-order chi connectivity index (χ0) is 19.7. The van der Waals surface area contributed by atoms with Crippen molar-refractivity contribution in [1.29, 1.82) is 0 Å². The predicted octanol–water partition coefficient (Wildman–Crippen LogP) is 3.43. The van der Waals surface area contributed by atoms with E-state index in [1.54, 1.807) is 43.3 Å². The van der Waals surface area contributed by atoms with Gasteiger partial charge in [-0.15, -0.1) is 11.8 Å². The molecule has 2 aliphatic rings. The molecule has 140 valence electrons. The smallest absolute Gasteiger partial charge is 0.338 e. The highest BCUT2D eigenvalue weighted by atomic mass is 32.2. The van der Waals surface area contributed by atoms with Crippen LogP contribution in [0.3, 0.4) is 0 Å². The molecule has 0 N–H and O–H groups in total. The number of benzene rings is 2. The lowest BCUT2D eigenvalue weighted by Gasteiger charge is -2.19. The lowest BCUT2D eigenvalue weighted by atomic mass is 9.94. The number of thioether (sulfide) groups is 1. The molecular weight excluding hydrogens is 376 g/mol. The predicted molar refractivity (Wildman–Crippen MR) is 108 cm³/mol. The number of ketones is 1. The fourth-order valence-corrected chi connectivity index (χ4v) is 3.91. The Bertz CT molecular complexity index is 1040. The van der Waals surface area contributed by atoms with E-state index >= 15 is 0 Å². The van der Waals surface area contributed by atoms with Crippen LogP contribution in [0.4, 0.5) is 5.69 Å². The molecule has 0 saturated carbocycles. The van der Waals surface area contributed by atoms with E-state index in [0.717, 1.165) is 0 Å². The fourth-order valence-electron chi connectivity index (χ4n) is 3.03. The number of fused-ring (bicyclic) bond motifs is 3. The summed E-state index contributed by atoms with van der Waals surface area (Å²) in [6.45, 7) is 2.04. The van der Waals surface area contributed by atoms with Crippen LogP contribution in [0.15, 0.2) is 64.6 Å². The molecule has 2 aromatic carbocycles. The summed E-state index contributed by atoms with van der Waals surface area (Å²) in [5, 5.41) is 5.90. The van der Waals surface area contributed by atoms with Crippen LogP contribution in [-0.2, 0) is 9.53 Å². The highest BCUT2D eigenvalue weighted by molar-refractivity contribution is 8.04. The Labute approximate surface area is 165 Å². The number of hydrogen-bond acceptors (Lipinski definition) is 6. The summed E-state index contributed by atoms with van der Waals surface area (Å²) in [7, 11) is 0. The number of nitrogens with zero attached hydrogens (tertiary/aromatic N) is 2. The summed E-state index contributed by atoms with van der Waals surface area (Å²) >= 11 is 1.30. The average molecular weight is 392 g/mol. The number of rotatable bonds is 3. The average Bonchev–Trinajstić information content (AvgIpc) is 2.88. The van der Waals surface area contributed by atoms with Gasteiger partial charge in [-0.2, -0.15) is 10.1 Å². The maximum absolute atomic E-state index is 12.7. The number of carbonyl (C=O) groups is 3. The molecule has 0 bridgehead atoms. The second kappa shape index (κ2) is 7.44. The molecule has 28 heavy (non-hydrogen) atoms. The van der Waals surface area contributed by atoms with Gasteiger partial charge in [0.25, 0.3) is 5.91 Å². The van der Waals surface area contributed by atoms with Gasteiger partial charge >= 0.3 is 5.97 Å². The number of amides is 1. The van der Waals surface area contributed by atoms with Crippen molar-refractivity contribution < 1.29 is 19.1 Å². The van der Waals surface area contributed by atoms with Crippen molar-refractivity contribution >= 4 is 40.8 Å². The molecule has 0 unspecified atom stereocenters. The van der Waals surface area contributed by atoms with Crippen LogP contribution in [0.2, 0.25) is 0 Å². The SMILES string of the molecule is CCOC(=O)c1ccc(N2N=C3C(=CC(=O)c4ccccc43)SCC2=O)cc1. The third-order valence-corrected chi connectivity index (χ3v) is 5.37. The maximum atomic E-state index is 12.7. The summed E-state index contributed by atoms with van der Waals surface area (Å²) < 4.78 is 4.98. The van der Waals surface area contributed by atoms with Gasteiger partial charge in [0.1, 0.15) is 5.71 Å². The summed E-state index contributed by atoms with van der Waals surface area (Å²) in [5.41, 5.74) is 2.82. The lowest BCUT2D eigenvalue weighted by Crippen LogP contribution is -2.27. The first-order valence-corrected chi connectivity index (χ1v) is 9.74. The number of esters is 1. The number of allylic oxidation sites excluding steroid dienone is 2. The quantitative estimate of drug-likeness (QED) is 0.748. The highest BCUT2D eigenvalue weighted by Crippen LogP contribution is 2.33. The zero-order valence-electron chi connectivity index (χ0n) is 15.0. The Kier molecular flexibility index (Phi) is 4.83. The van der Waals surface area contributed by atoms with E-state index in [2.05, 4.69) is 5.10 Å². The molecule has 0 saturated heterocycles. The Morgan fingerprint density at radius 1 is 1.11 bits per heavy atom. The number of ether oxygens (including phenoxy) is 1. The molecule has 0 atom stereocenters. The maximum Gasteiger partial charge on any atom is 0.338 e. The van der Waals surface area contributed by atoms with Crippen molar-refractivity contribution in [3.8, 4) is 0 Å². The van der Waals surface area contributed by atoms with E-state index in [-0.39, 0.29) is 17.4 Å². The third-order valence-electron chi connectivity index (χ3n) is 4.35. The van der Waals surface area contributed by atoms with Gasteiger partial charge in [0.05, 0.1) is 23.6 Å². The molecular formula is C21H16N2O4S.